The zero-order valence-corrected chi connectivity index (χ0v) is 19.4. The van der Waals surface area contributed by atoms with Crippen LogP contribution in [0.2, 0.25) is 0 Å². The summed E-state index contributed by atoms with van der Waals surface area (Å²) >= 11 is 1.34. The monoisotopic (exact) mass is 457 g/mol. The van der Waals surface area contributed by atoms with Crippen LogP contribution >= 0.6 is 11.3 Å². The number of nitrogens with zero attached hydrogens (tertiary/aromatic N) is 3. The molecule has 5 rings (SSSR count). The van der Waals surface area contributed by atoms with E-state index in [9.17, 15) is 9.59 Å². The van der Waals surface area contributed by atoms with Crippen LogP contribution in [-0.4, -0.2) is 21.7 Å². The van der Waals surface area contributed by atoms with Gasteiger partial charge in [0.15, 0.2) is 4.80 Å². The van der Waals surface area contributed by atoms with Crippen LogP contribution in [0.1, 0.15) is 31.0 Å². The molecule has 0 spiro atoms. The molecule has 0 bridgehead atoms. The number of aromatic nitrogens is 2. The molecule has 1 aliphatic rings. The first-order valence-electron chi connectivity index (χ1n) is 10.8. The second kappa shape index (κ2) is 8.33. The lowest BCUT2D eigenvalue weighted by atomic mass is 9.96. The number of benzene rings is 2. The van der Waals surface area contributed by atoms with Crippen LogP contribution in [0.15, 0.2) is 81.9 Å². The summed E-state index contributed by atoms with van der Waals surface area (Å²) in [5, 5.41) is 1.08. The highest BCUT2D eigenvalue weighted by Crippen LogP contribution is 2.30. The first-order valence-corrected chi connectivity index (χ1v) is 11.6. The van der Waals surface area contributed by atoms with E-state index >= 15 is 0 Å². The number of ether oxygens (including phenoxy) is 1. The van der Waals surface area contributed by atoms with Gasteiger partial charge in [0, 0.05) is 29.7 Å². The van der Waals surface area contributed by atoms with Gasteiger partial charge < -0.3 is 9.30 Å². The van der Waals surface area contributed by atoms with Gasteiger partial charge in [0.1, 0.15) is 0 Å². The molecular weight excluding hydrogens is 434 g/mol. The molecule has 33 heavy (non-hydrogen) atoms. The number of rotatable bonds is 4. The van der Waals surface area contributed by atoms with Crippen molar-refractivity contribution >= 4 is 34.3 Å². The molecule has 0 N–H and O–H groups in total. The number of hydrogen-bond acceptors (Lipinski definition) is 5. The molecule has 0 aliphatic carbocycles. The van der Waals surface area contributed by atoms with E-state index in [0.29, 0.717) is 20.6 Å². The Balaban J connectivity index is 1.75. The quantitative estimate of drug-likeness (QED) is 0.442. The zero-order chi connectivity index (χ0) is 23.1. The predicted molar refractivity (Wildman–Crippen MR) is 130 cm³/mol. The molecule has 3 heterocycles. The first-order chi connectivity index (χ1) is 16.0. The van der Waals surface area contributed by atoms with Crippen LogP contribution in [0.3, 0.4) is 0 Å². The van der Waals surface area contributed by atoms with Crippen molar-refractivity contribution in [3.63, 3.8) is 0 Å². The van der Waals surface area contributed by atoms with E-state index in [0.717, 1.165) is 22.0 Å². The molecule has 0 saturated heterocycles. The molecule has 1 unspecified atom stereocenters. The topological polar surface area (TPSA) is 65.6 Å². The van der Waals surface area contributed by atoms with Gasteiger partial charge in [0.05, 0.1) is 28.5 Å². The van der Waals surface area contributed by atoms with Crippen molar-refractivity contribution in [2.45, 2.75) is 19.9 Å². The fourth-order valence-corrected chi connectivity index (χ4v) is 5.41. The Morgan fingerprint density at radius 3 is 2.64 bits per heavy atom. The van der Waals surface area contributed by atoms with E-state index in [4.69, 9.17) is 4.74 Å². The number of carbonyl (C=O) groups is 1. The van der Waals surface area contributed by atoms with E-state index in [-0.39, 0.29) is 12.2 Å². The minimum absolute atomic E-state index is 0.171. The first kappa shape index (κ1) is 21.2. The highest BCUT2D eigenvalue weighted by Gasteiger charge is 2.33. The number of hydrogen-bond donors (Lipinski definition) is 0. The van der Waals surface area contributed by atoms with Crippen molar-refractivity contribution in [3.05, 3.63) is 103 Å². The molecule has 2 aromatic heterocycles. The van der Waals surface area contributed by atoms with Gasteiger partial charge in [-0.3, -0.25) is 9.36 Å². The van der Waals surface area contributed by atoms with Gasteiger partial charge in [-0.2, -0.15) is 0 Å². The highest BCUT2D eigenvalue weighted by molar-refractivity contribution is 7.07. The van der Waals surface area contributed by atoms with Crippen molar-refractivity contribution in [2.24, 2.45) is 12.0 Å². The summed E-state index contributed by atoms with van der Waals surface area (Å²) in [5.74, 6) is -0.448. The number of fused-ring (bicyclic) bond motifs is 2. The molecule has 6 nitrogen and oxygen atoms in total. The standard InChI is InChI=1S/C26H23N3O3S/c1-4-32-25(31)22-16(2)27-26-29(23(22)17-10-6-5-7-11-17)24(30)21(33-26)14-18-15-28(3)20-13-9-8-12-19(18)20/h5-15,23H,4H2,1-3H3. The van der Waals surface area contributed by atoms with Gasteiger partial charge in [0.2, 0.25) is 0 Å². The molecule has 0 saturated carbocycles. The molecule has 2 aromatic carbocycles. The second-order valence-electron chi connectivity index (χ2n) is 7.93. The number of aryl methyl sites for hydroxylation is 1. The summed E-state index contributed by atoms with van der Waals surface area (Å²) in [6.45, 7) is 3.82. The lowest BCUT2D eigenvalue weighted by Gasteiger charge is -2.24. The summed E-state index contributed by atoms with van der Waals surface area (Å²) in [6.07, 6.45) is 3.93. The molecule has 7 heteroatoms. The third kappa shape index (κ3) is 3.54. The fraction of sp³-hybridized carbons (Fsp3) is 0.192. The minimum Gasteiger partial charge on any atom is -0.463 e. The van der Waals surface area contributed by atoms with Crippen molar-refractivity contribution in [3.8, 4) is 0 Å². The highest BCUT2D eigenvalue weighted by atomic mass is 32.1. The van der Waals surface area contributed by atoms with Crippen molar-refractivity contribution in [1.82, 2.24) is 9.13 Å². The maximum absolute atomic E-state index is 13.7. The number of thiazole rings is 1. The summed E-state index contributed by atoms with van der Waals surface area (Å²) in [4.78, 5) is 31.8. The van der Waals surface area contributed by atoms with Crippen molar-refractivity contribution in [1.29, 1.82) is 0 Å². The van der Waals surface area contributed by atoms with E-state index in [1.54, 1.807) is 18.4 Å². The second-order valence-corrected chi connectivity index (χ2v) is 8.93. The average molecular weight is 458 g/mol. The third-order valence-electron chi connectivity index (χ3n) is 5.85. The van der Waals surface area contributed by atoms with Gasteiger partial charge in [0.25, 0.3) is 5.56 Å². The Morgan fingerprint density at radius 1 is 1.15 bits per heavy atom. The summed E-state index contributed by atoms with van der Waals surface area (Å²) in [7, 11) is 1.99. The number of carbonyl (C=O) groups excluding carboxylic acids is 1. The van der Waals surface area contributed by atoms with E-state index < -0.39 is 12.0 Å². The smallest absolute Gasteiger partial charge is 0.338 e. The molecular formula is C26H23N3O3S. The van der Waals surface area contributed by atoms with Crippen LogP contribution in [0.25, 0.3) is 17.0 Å². The van der Waals surface area contributed by atoms with Crippen molar-refractivity contribution < 1.29 is 9.53 Å². The van der Waals surface area contributed by atoms with Crippen LogP contribution in [-0.2, 0) is 16.6 Å². The van der Waals surface area contributed by atoms with Gasteiger partial charge in [-0.25, -0.2) is 9.79 Å². The fourth-order valence-electron chi connectivity index (χ4n) is 4.37. The molecule has 0 fully saturated rings. The molecule has 0 radical (unpaired) electrons. The zero-order valence-electron chi connectivity index (χ0n) is 18.6. The normalized spacial score (nSPS) is 16.1. The van der Waals surface area contributed by atoms with Gasteiger partial charge in [-0.1, -0.05) is 59.9 Å². The van der Waals surface area contributed by atoms with Crippen LogP contribution in [0.4, 0.5) is 0 Å². The Kier molecular flexibility index (Phi) is 5.34. The Hall–Kier alpha value is -3.71. The number of allylic oxidation sites excluding steroid dienone is 1. The average Bonchev–Trinajstić information content (AvgIpc) is 3.30. The number of para-hydroxylation sites is 1. The van der Waals surface area contributed by atoms with Crippen molar-refractivity contribution in [2.75, 3.05) is 6.61 Å². The predicted octanol–water partition coefficient (Wildman–Crippen LogP) is 3.29. The molecule has 4 aromatic rings. The van der Waals surface area contributed by atoms with Crippen LogP contribution in [0, 0.1) is 0 Å². The Bertz CT molecular complexity index is 1590. The maximum atomic E-state index is 13.7. The number of esters is 1. The van der Waals surface area contributed by atoms with E-state index in [1.807, 2.05) is 72.4 Å². The Morgan fingerprint density at radius 2 is 1.88 bits per heavy atom. The lowest BCUT2D eigenvalue weighted by molar-refractivity contribution is -0.139. The molecule has 166 valence electrons. The van der Waals surface area contributed by atoms with Crippen LogP contribution < -0.4 is 14.9 Å². The summed E-state index contributed by atoms with van der Waals surface area (Å²) in [6, 6.07) is 17.1. The SMILES string of the molecule is CCOC(=O)C1=C(C)N=c2sc(=Cc3cn(C)c4ccccc34)c(=O)n2C1c1ccccc1. The molecule has 1 aliphatic heterocycles. The summed E-state index contributed by atoms with van der Waals surface area (Å²) in [5.41, 5.74) is 3.70. The Labute approximate surface area is 194 Å². The third-order valence-corrected chi connectivity index (χ3v) is 6.83. The van der Waals surface area contributed by atoms with Gasteiger partial charge in [-0.05, 0) is 31.6 Å². The summed E-state index contributed by atoms with van der Waals surface area (Å²) < 4.78 is 9.58. The van der Waals surface area contributed by atoms with Gasteiger partial charge in [-0.15, -0.1) is 0 Å². The van der Waals surface area contributed by atoms with Gasteiger partial charge >= 0.3 is 5.97 Å². The van der Waals surface area contributed by atoms with Crippen LogP contribution in [0.5, 0.6) is 0 Å². The molecule has 1 atom stereocenters. The minimum atomic E-state index is -0.587. The largest absolute Gasteiger partial charge is 0.463 e. The van der Waals surface area contributed by atoms with E-state index in [1.165, 1.54) is 11.3 Å². The maximum Gasteiger partial charge on any atom is 0.338 e. The molecule has 0 amide bonds. The lowest BCUT2D eigenvalue weighted by Crippen LogP contribution is -2.39. The van der Waals surface area contributed by atoms with E-state index in [2.05, 4.69) is 11.1 Å².